The van der Waals surface area contributed by atoms with E-state index in [1.165, 1.54) is 0 Å². The first-order chi connectivity index (χ1) is 18.7. The number of hydrogen-bond acceptors (Lipinski definition) is 11. The monoisotopic (exact) mass is 554 g/mol. The number of carboxylic acid groups (broad SMARTS) is 1. The zero-order valence-electron chi connectivity index (χ0n) is 22.9. The van der Waals surface area contributed by atoms with Crippen molar-refractivity contribution in [1.29, 1.82) is 0 Å². The lowest BCUT2D eigenvalue weighted by atomic mass is 10.2. The average molecular weight is 555 g/mol. The summed E-state index contributed by atoms with van der Waals surface area (Å²) in [6.45, 7) is 8.83. The summed E-state index contributed by atoms with van der Waals surface area (Å²) < 4.78 is 43.0. The summed E-state index contributed by atoms with van der Waals surface area (Å²) in [7, 11) is 0. The Morgan fingerprint density at radius 1 is 0.500 bits per heavy atom. The van der Waals surface area contributed by atoms with Gasteiger partial charge in [-0.05, 0) is 12.8 Å². The molecule has 0 radical (unpaired) electrons. The SMILES string of the molecule is NCCOCCOCCOCCOCCOCCOCCOCCOCCC(=O)NCCCCCC(=O)O. The molecule has 38 heavy (non-hydrogen) atoms. The normalized spacial score (nSPS) is 11.2. The standard InChI is InChI=1S/C25H50N2O11/c26-6-9-32-11-13-34-15-17-36-19-21-38-23-22-37-20-18-35-16-14-33-12-10-31-8-5-24(28)27-7-3-1-2-4-25(29)30/h1-23,26H2,(H,27,28)(H,29,30). The molecule has 0 aromatic carbocycles. The topological polar surface area (TPSA) is 166 Å². The lowest BCUT2D eigenvalue weighted by Crippen LogP contribution is -2.25. The molecule has 0 fully saturated rings. The number of aliphatic carboxylic acids is 1. The van der Waals surface area contributed by atoms with Gasteiger partial charge in [0.05, 0.1) is 106 Å². The third-order valence-electron chi connectivity index (χ3n) is 4.73. The Bertz CT molecular complexity index is 516. The minimum absolute atomic E-state index is 0.0706. The predicted octanol–water partition coefficient (Wildman–Crippen LogP) is 0.229. The van der Waals surface area contributed by atoms with E-state index in [2.05, 4.69) is 5.32 Å². The molecular weight excluding hydrogens is 504 g/mol. The van der Waals surface area contributed by atoms with Crippen LogP contribution < -0.4 is 11.1 Å². The zero-order valence-corrected chi connectivity index (χ0v) is 22.9. The molecule has 0 rings (SSSR count). The van der Waals surface area contributed by atoms with Gasteiger partial charge in [-0.25, -0.2) is 0 Å². The van der Waals surface area contributed by atoms with E-state index in [4.69, 9.17) is 48.7 Å². The average Bonchev–Trinajstić information content (AvgIpc) is 2.90. The van der Waals surface area contributed by atoms with Crippen LogP contribution in [-0.2, 0) is 47.5 Å². The van der Waals surface area contributed by atoms with E-state index in [-0.39, 0.29) is 12.3 Å². The summed E-state index contributed by atoms with van der Waals surface area (Å²) in [6.07, 6.45) is 2.65. The second-order valence-corrected chi connectivity index (χ2v) is 7.99. The lowest BCUT2D eigenvalue weighted by molar-refractivity contribution is -0.137. The fourth-order valence-corrected chi connectivity index (χ4v) is 2.78. The van der Waals surface area contributed by atoms with Crippen molar-refractivity contribution in [3.05, 3.63) is 0 Å². The van der Waals surface area contributed by atoms with Gasteiger partial charge < -0.3 is 54.1 Å². The van der Waals surface area contributed by atoms with E-state index in [1.54, 1.807) is 0 Å². The van der Waals surface area contributed by atoms with Crippen LogP contribution in [-0.4, -0.2) is 136 Å². The van der Waals surface area contributed by atoms with Gasteiger partial charge in [-0.2, -0.15) is 0 Å². The van der Waals surface area contributed by atoms with E-state index >= 15 is 0 Å². The van der Waals surface area contributed by atoms with Gasteiger partial charge in [0.15, 0.2) is 0 Å². The highest BCUT2D eigenvalue weighted by molar-refractivity contribution is 5.75. The summed E-state index contributed by atoms with van der Waals surface area (Å²) in [5.74, 6) is -0.858. The van der Waals surface area contributed by atoms with Crippen LogP contribution in [0.25, 0.3) is 0 Å². The number of ether oxygens (including phenoxy) is 8. The summed E-state index contributed by atoms with van der Waals surface area (Å²) >= 11 is 0. The highest BCUT2D eigenvalue weighted by atomic mass is 16.6. The molecule has 226 valence electrons. The summed E-state index contributed by atoms with van der Waals surface area (Å²) in [5, 5.41) is 11.3. The smallest absolute Gasteiger partial charge is 0.303 e. The van der Waals surface area contributed by atoms with Crippen LogP contribution in [0.2, 0.25) is 0 Å². The Hall–Kier alpha value is -1.42. The van der Waals surface area contributed by atoms with Crippen LogP contribution in [0.15, 0.2) is 0 Å². The maximum absolute atomic E-state index is 11.6. The van der Waals surface area contributed by atoms with Gasteiger partial charge >= 0.3 is 5.97 Å². The molecule has 0 atom stereocenters. The molecule has 1 amide bonds. The minimum atomic E-state index is -0.788. The van der Waals surface area contributed by atoms with Crippen LogP contribution in [0, 0.1) is 0 Å². The number of carbonyl (C=O) groups is 2. The van der Waals surface area contributed by atoms with Crippen molar-refractivity contribution in [1.82, 2.24) is 5.32 Å². The Morgan fingerprint density at radius 3 is 1.24 bits per heavy atom. The number of hydrogen-bond donors (Lipinski definition) is 3. The molecule has 0 spiro atoms. The molecule has 0 aliphatic carbocycles. The van der Waals surface area contributed by atoms with E-state index in [0.29, 0.717) is 132 Å². The fourth-order valence-electron chi connectivity index (χ4n) is 2.78. The minimum Gasteiger partial charge on any atom is -0.481 e. The molecular formula is C25H50N2O11. The molecule has 0 bridgehead atoms. The molecule has 13 heteroatoms. The van der Waals surface area contributed by atoms with Gasteiger partial charge in [0.2, 0.25) is 5.91 Å². The van der Waals surface area contributed by atoms with Crippen LogP contribution in [0.4, 0.5) is 0 Å². The van der Waals surface area contributed by atoms with Gasteiger partial charge in [-0.3, -0.25) is 9.59 Å². The molecule has 0 heterocycles. The molecule has 0 aliphatic heterocycles. The third kappa shape index (κ3) is 32.6. The number of nitrogens with two attached hydrogens (primary N) is 1. The number of unbranched alkanes of at least 4 members (excludes halogenated alkanes) is 2. The number of carboxylic acids is 1. The summed E-state index contributed by atoms with van der Waals surface area (Å²) in [5.41, 5.74) is 5.31. The quantitative estimate of drug-likeness (QED) is 0.0970. The van der Waals surface area contributed by atoms with Crippen LogP contribution in [0.1, 0.15) is 32.1 Å². The first-order valence-corrected chi connectivity index (χ1v) is 13.5. The Morgan fingerprint density at radius 2 is 0.868 bits per heavy atom. The number of carbonyl (C=O) groups excluding carboxylic acids is 1. The predicted molar refractivity (Wildman–Crippen MR) is 139 cm³/mol. The molecule has 0 aromatic heterocycles. The molecule has 4 N–H and O–H groups in total. The van der Waals surface area contributed by atoms with Gasteiger partial charge in [0, 0.05) is 25.9 Å². The lowest BCUT2D eigenvalue weighted by Gasteiger charge is -2.09. The zero-order chi connectivity index (χ0) is 27.8. The van der Waals surface area contributed by atoms with Crippen molar-refractivity contribution in [3.63, 3.8) is 0 Å². The van der Waals surface area contributed by atoms with Crippen molar-refractivity contribution in [2.75, 3.05) is 119 Å². The maximum Gasteiger partial charge on any atom is 0.303 e. The van der Waals surface area contributed by atoms with Crippen molar-refractivity contribution >= 4 is 11.9 Å². The first kappa shape index (κ1) is 36.6. The van der Waals surface area contributed by atoms with Crippen molar-refractivity contribution in [2.45, 2.75) is 32.1 Å². The Labute approximate surface area is 226 Å². The summed E-state index contributed by atoms with van der Waals surface area (Å²) in [4.78, 5) is 22.1. The van der Waals surface area contributed by atoms with Crippen LogP contribution in [0.3, 0.4) is 0 Å². The summed E-state index contributed by atoms with van der Waals surface area (Å²) in [6, 6.07) is 0. The molecule has 0 unspecified atom stereocenters. The van der Waals surface area contributed by atoms with Gasteiger partial charge in [-0.15, -0.1) is 0 Å². The fraction of sp³-hybridized carbons (Fsp3) is 0.920. The highest BCUT2D eigenvalue weighted by Gasteiger charge is 2.02. The van der Waals surface area contributed by atoms with Gasteiger partial charge in [0.25, 0.3) is 0 Å². The van der Waals surface area contributed by atoms with E-state index in [1.807, 2.05) is 0 Å². The number of nitrogens with one attached hydrogen (secondary N) is 1. The Kier molecular flexibility index (Phi) is 30.6. The molecule has 0 aromatic rings. The second kappa shape index (κ2) is 31.8. The largest absolute Gasteiger partial charge is 0.481 e. The van der Waals surface area contributed by atoms with Crippen molar-refractivity contribution in [2.24, 2.45) is 5.73 Å². The van der Waals surface area contributed by atoms with E-state index < -0.39 is 5.97 Å². The van der Waals surface area contributed by atoms with E-state index in [9.17, 15) is 9.59 Å². The molecule has 0 saturated carbocycles. The molecule has 13 nitrogen and oxygen atoms in total. The molecule has 0 aliphatic rings. The van der Waals surface area contributed by atoms with Crippen LogP contribution in [0.5, 0.6) is 0 Å². The van der Waals surface area contributed by atoms with Gasteiger partial charge in [-0.1, -0.05) is 6.42 Å². The Balaban J connectivity index is 3.11. The first-order valence-electron chi connectivity index (χ1n) is 13.5. The molecule has 0 saturated heterocycles. The number of rotatable bonds is 32. The van der Waals surface area contributed by atoms with Crippen molar-refractivity contribution < 1.29 is 52.6 Å². The van der Waals surface area contributed by atoms with E-state index in [0.717, 1.165) is 12.8 Å². The third-order valence-corrected chi connectivity index (χ3v) is 4.73. The second-order valence-electron chi connectivity index (χ2n) is 7.99. The maximum atomic E-state index is 11.6. The van der Waals surface area contributed by atoms with Crippen LogP contribution >= 0.6 is 0 Å². The van der Waals surface area contributed by atoms with Crippen molar-refractivity contribution in [3.8, 4) is 0 Å². The van der Waals surface area contributed by atoms with Gasteiger partial charge in [0.1, 0.15) is 0 Å². The number of amides is 1. The highest BCUT2D eigenvalue weighted by Crippen LogP contribution is 1.98.